The third-order valence-electron chi connectivity index (χ3n) is 3.95. The summed E-state index contributed by atoms with van der Waals surface area (Å²) >= 11 is 0. The van der Waals surface area contributed by atoms with Crippen molar-refractivity contribution in [2.24, 2.45) is 0 Å². The zero-order valence-electron chi connectivity index (χ0n) is 14.2. The van der Waals surface area contributed by atoms with Crippen LogP contribution in [0.15, 0.2) is 72.8 Å². The van der Waals surface area contributed by atoms with Crippen molar-refractivity contribution in [3.05, 3.63) is 95.1 Å². The zero-order chi connectivity index (χ0) is 16.8. The van der Waals surface area contributed by atoms with E-state index in [4.69, 9.17) is 9.47 Å². The molecule has 0 amide bonds. The number of hydrogen-bond acceptors (Lipinski definition) is 2. The maximum absolute atomic E-state index is 5.97. The van der Waals surface area contributed by atoms with Crippen molar-refractivity contribution in [3.63, 3.8) is 0 Å². The molecule has 0 radical (unpaired) electrons. The van der Waals surface area contributed by atoms with Crippen LogP contribution in [-0.4, -0.2) is 0 Å². The highest BCUT2D eigenvalue weighted by atomic mass is 16.5. The van der Waals surface area contributed by atoms with Crippen LogP contribution in [0.1, 0.15) is 22.3 Å². The highest BCUT2D eigenvalue weighted by Gasteiger charge is 2.07. The van der Waals surface area contributed by atoms with Gasteiger partial charge < -0.3 is 9.47 Å². The van der Waals surface area contributed by atoms with Crippen LogP contribution in [0.25, 0.3) is 0 Å². The van der Waals surface area contributed by atoms with E-state index in [2.05, 4.69) is 50.2 Å². The van der Waals surface area contributed by atoms with Crippen LogP contribution in [0.5, 0.6) is 11.5 Å². The van der Waals surface area contributed by atoms with E-state index in [-0.39, 0.29) is 0 Å². The van der Waals surface area contributed by atoms with Gasteiger partial charge in [-0.2, -0.15) is 0 Å². The lowest BCUT2D eigenvalue weighted by Crippen LogP contribution is -2.00. The Morgan fingerprint density at radius 3 is 1.33 bits per heavy atom. The molecular weight excluding hydrogens is 296 g/mol. The molecule has 24 heavy (non-hydrogen) atoms. The number of rotatable bonds is 6. The van der Waals surface area contributed by atoms with Crippen molar-refractivity contribution >= 4 is 0 Å². The van der Waals surface area contributed by atoms with Crippen LogP contribution in [0, 0.1) is 13.8 Å². The first-order valence-corrected chi connectivity index (χ1v) is 8.17. The second-order valence-electron chi connectivity index (χ2n) is 5.93. The molecule has 0 heterocycles. The van der Waals surface area contributed by atoms with Gasteiger partial charge in [-0.15, -0.1) is 0 Å². The Balaban J connectivity index is 1.67. The first-order valence-electron chi connectivity index (χ1n) is 8.17. The van der Waals surface area contributed by atoms with Gasteiger partial charge in [-0.3, -0.25) is 0 Å². The minimum Gasteiger partial charge on any atom is -0.489 e. The third kappa shape index (κ3) is 4.17. The smallest absolute Gasteiger partial charge is 0.123 e. The number of hydrogen-bond donors (Lipinski definition) is 0. The molecule has 0 aliphatic carbocycles. The average molecular weight is 318 g/mol. The summed E-state index contributed by atoms with van der Waals surface area (Å²) in [7, 11) is 0. The topological polar surface area (TPSA) is 18.5 Å². The number of benzene rings is 3. The molecule has 3 aromatic carbocycles. The molecular formula is C22H22O2. The van der Waals surface area contributed by atoms with Crippen LogP contribution in [0.3, 0.4) is 0 Å². The van der Waals surface area contributed by atoms with E-state index in [0.717, 1.165) is 22.6 Å². The number of aryl methyl sites for hydroxylation is 2. The summed E-state index contributed by atoms with van der Waals surface area (Å²) in [6, 6.07) is 24.5. The highest BCUT2D eigenvalue weighted by Crippen LogP contribution is 2.29. The van der Waals surface area contributed by atoms with Gasteiger partial charge in [0.2, 0.25) is 0 Å². The van der Waals surface area contributed by atoms with E-state index in [1.54, 1.807) is 0 Å². The average Bonchev–Trinajstić information content (AvgIpc) is 2.62. The van der Waals surface area contributed by atoms with Gasteiger partial charge in [-0.25, -0.2) is 0 Å². The van der Waals surface area contributed by atoms with Gasteiger partial charge in [0.1, 0.15) is 24.7 Å². The standard InChI is InChI=1S/C22H22O2/c1-17-13-22(24-16-20-11-7-4-8-12-20)18(2)14-21(17)23-15-19-9-5-3-6-10-19/h3-14H,15-16H2,1-2H3. The molecule has 0 aromatic heterocycles. The molecule has 0 spiro atoms. The SMILES string of the molecule is Cc1cc(OCc2ccccc2)c(C)cc1OCc1ccccc1. The molecule has 2 nitrogen and oxygen atoms in total. The predicted molar refractivity (Wildman–Crippen MR) is 97.5 cm³/mol. The summed E-state index contributed by atoms with van der Waals surface area (Å²) in [5, 5.41) is 0. The van der Waals surface area contributed by atoms with Crippen LogP contribution >= 0.6 is 0 Å². The van der Waals surface area contributed by atoms with Crippen molar-refractivity contribution in [3.8, 4) is 11.5 Å². The molecule has 0 atom stereocenters. The molecule has 0 fully saturated rings. The summed E-state index contributed by atoms with van der Waals surface area (Å²) in [6.07, 6.45) is 0. The summed E-state index contributed by atoms with van der Waals surface area (Å²) in [4.78, 5) is 0. The molecule has 0 saturated heterocycles. The maximum atomic E-state index is 5.97. The Labute approximate surface area is 143 Å². The maximum Gasteiger partial charge on any atom is 0.123 e. The molecule has 2 heteroatoms. The van der Waals surface area contributed by atoms with Crippen LogP contribution in [0.4, 0.5) is 0 Å². The lowest BCUT2D eigenvalue weighted by atomic mass is 10.1. The van der Waals surface area contributed by atoms with Crippen molar-refractivity contribution < 1.29 is 9.47 Å². The van der Waals surface area contributed by atoms with Gasteiger partial charge in [0.25, 0.3) is 0 Å². The fraction of sp³-hybridized carbons (Fsp3) is 0.182. The minimum atomic E-state index is 0.575. The highest BCUT2D eigenvalue weighted by molar-refractivity contribution is 5.45. The van der Waals surface area contributed by atoms with Crippen molar-refractivity contribution in [2.75, 3.05) is 0 Å². The van der Waals surface area contributed by atoms with Gasteiger partial charge in [0.15, 0.2) is 0 Å². The van der Waals surface area contributed by atoms with Gasteiger partial charge in [0, 0.05) is 0 Å². The first kappa shape index (κ1) is 16.1. The normalized spacial score (nSPS) is 10.4. The molecule has 3 rings (SSSR count). The first-order chi connectivity index (χ1) is 11.7. The molecule has 0 aliphatic heterocycles. The fourth-order valence-corrected chi connectivity index (χ4v) is 2.54. The van der Waals surface area contributed by atoms with E-state index >= 15 is 0 Å². The molecule has 3 aromatic rings. The molecule has 0 unspecified atom stereocenters. The molecule has 0 bridgehead atoms. The second-order valence-corrected chi connectivity index (χ2v) is 5.93. The Hall–Kier alpha value is -2.74. The van der Waals surface area contributed by atoms with Gasteiger partial charge in [-0.05, 0) is 48.2 Å². The quantitative estimate of drug-likeness (QED) is 0.600. The zero-order valence-corrected chi connectivity index (χ0v) is 14.2. The van der Waals surface area contributed by atoms with E-state index < -0.39 is 0 Å². The molecule has 0 N–H and O–H groups in total. The largest absolute Gasteiger partial charge is 0.489 e. The van der Waals surface area contributed by atoms with Crippen LogP contribution in [0.2, 0.25) is 0 Å². The second kappa shape index (κ2) is 7.69. The van der Waals surface area contributed by atoms with E-state index in [1.165, 1.54) is 11.1 Å². The Bertz CT molecular complexity index is 711. The van der Waals surface area contributed by atoms with Gasteiger partial charge in [-0.1, -0.05) is 60.7 Å². The number of ether oxygens (including phenoxy) is 2. The van der Waals surface area contributed by atoms with Crippen molar-refractivity contribution in [1.29, 1.82) is 0 Å². The summed E-state index contributed by atoms with van der Waals surface area (Å²) in [5.41, 5.74) is 4.50. The molecule has 0 saturated carbocycles. The lowest BCUT2D eigenvalue weighted by molar-refractivity contribution is 0.294. The van der Waals surface area contributed by atoms with Crippen LogP contribution in [-0.2, 0) is 13.2 Å². The molecule has 122 valence electrons. The predicted octanol–water partition coefficient (Wildman–Crippen LogP) is 5.46. The third-order valence-corrected chi connectivity index (χ3v) is 3.95. The monoisotopic (exact) mass is 318 g/mol. The Morgan fingerprint density at radius 1 is 0.583 bits per heavy atom. The van der Waals surface area contributed by atoms with Crippen molar-refractivity contribution in [1.82, 2.24) is 0 Å². The van der Waals surface area contributed by atoms with E-state index in [9.17, 15) is 0 Å². The summed E-state index contributed by atoms with van der Waals surface area (Å²) < 4.78 is 11.9. The Morgan fingerprint density at radius 2 is 0.958 bits per heavy atom. The van der Waals surface area contributed by atoms with Crippen LogP contribution < -0.4 is 9.47 Å². The van der Waals surface area contributed by atoms with Gasteiger partial charge in [0.05, 0.1) is 0 Å². The van der Waals surface area contributed by atoms with Crippen molar-refractivity contribution in [2.45, 2.75) is 27.1 Å². The fourth-order valence-electron chi connectivity index (χ4n) is 2.54. The summed E-state index contributed by atoms with van der Waals surface area (Å²) in [5.74, 6) is 1.81. The Kier molecular flexibility index (Phi) is 5.17. The van der Waals surface area contributed by atoms with Gasteiger partial charge >= 0.3 is 0 Å². The minimum absolute atomic E-state index is 0.575. The lowest BCUT2D eigenvalue weighted by Gasteiger charge is -2.14. The van der Waals surface area contributed by atoms with E-state index in [0.29, 0.717) is 13.2 Å². The summed E-state index contributed by atoms with van der Waals surface area (Å²) in [6.45, 7) is 5.25. The van der Waals surface area contributed by atoms with E-state index in [1.807, 2.05) is 36.4 Å². The molecule has 0 aliphatic rings.